The van der Waals surface area contributed by atoms with Crippen molar-refractivity contribution in [2.75, 3.05) is 18.0 Å². The third-order valence-corrected chi connectivity index (χ3v) is 7.96. The van der Waals surface area contributed by atoms with Crippen LogP contribution >= 0.6 is 0 Å². The molecular formula is C30H34F3N5O2. The van der Waals surface area contributed by atoms with Gasteiger partial charge >= 0.3 is 6.18 Å². The van der Waals surface area contributed by atoms with Gasteiger partial charge in [0, 0.05) is 70.0 Å². The highest BCUT2D eigenvalue weighted by Crippen LogP contribution is 2.33. The predicted molar refractivity (Wildman–Crippen MR) is 145 cm³/mol. The summed E-state index contributed by atoms with van der Waals surface area (Å²) in [4.78, 5) is 32.5. The highest BCUT2D eigenvalue weighted by atomic mass is 19.4. The molecule has 3 aromatic rings. The van der Waals surface area contributed by atoms with Crippen LogP contribution in [-0.4, -0.2) is 56.6 Å². The number of carbonyl (C=O) groups is 2. The third-order valence-electron chi connectivity index (χ3n) is 7.96. The van der Waals surface area contributed by atoms with Gasteiger partial charge in [0.2, 0.25) is 11.8 Å². The fourth-order valence-corrected chi connectivity index (χ4v) is 5.93. The van der Waals surface area contributed by atoms with E-state index in [1.54, 1.807) is 11.8 Å². The summed E-state index contributed by atoms with van der Waals surface area (Å²) in [5.74, 6) is -0.205. The van der Waals surface area contributed by atoms with Gasteiger partial charge in [-0.3, -0.25) is 19.2 Å². The zero-order chi connectivity index (χ0) is 28.3. The van der Waals surface area contributed by atoms with Crippen molar-refractivity contribution in [2.24, 2.45) is 0 Å². The SMILES string of the molecule is CC(=O)N1CC[C@@H]2CC[C@H](CN(C(=O)CCn3ccc(C(F)(F)F)n3)Cc3ccccc31)N2Cc1ccccc1. The highest BCUT2D eigenvalue weighted by Gasteiger charge is 2.37. The number of aryl methyl sites for hydroxylation is 1. The molecule has 2 bridgehead atoms. The lowest BCUT2D eigenvalue weighted by atomic mass is 10.1. The van der Waals surface area contributed by atoms with Crippen molar-refractivity contribution in [1.29, 1.82) is 0 Å². The number of nitrogens with zero attached hydrogens (tertiary/aromatic N) is 5. The summed E-state index contributed by atoms with van der Waals surface area (Å²) in [6.07, 6.45) is -0.525. The zero-order valence-electron chi connectivity index (χ0n) is 22.6. The minimum Gasteiger partial charge on any atom is -0.337 e. The number of hydrogen-bond donors (Lipinski definition) is 0. The smallest absolute Gasteiger partial charge is 0.337 e. The Morgan fingerprint density at radius 1 is 0.950 bits per heavy atom. The molecule has 2 aliphatic rings. The topological polar surface area (TPSA) is 61.7 Å². The molecule has 3 heterocycles. The predicted octanol–water partition coefficient (Wildman–Crippen LogP) is 5.11. The Bertz CT molecular complexity index is 1330. The summed E-state index contributed by atoms with van der Waals surface area (Å²) in [6, 6.07) is 19.2. The number of carbonyl (C=O) groups excluding carboxylic acids is 2. The highest BCUT2D eigenvalue weighted by molar-refractivity contribution is 5.92. The van der Waals surface area contributed by atoms with E-state index in [-0.39, 0.29) is 36.9 Å². The molecule has 7 nitrogen and oxygen atoms in total. The van der Waals surface area contributed by atoms with Crippen LogP contribution in [0.3, 0.4) is 0 Å². The number of halogens is 3. The summed E-state index contributed by atoms with van der Waals surface area (Å²) in [7, 11) is 0. The maximum absolute atomic E-state index is 13.7. The van der Waals surface area contributed by atoms with Crippen molar-refractivity contribution in [2.45, 2.75) is 70.5 Å². The van der Waals surface area contributed by atoms with Gasteiger partial charge in [-0.05, 0) is 42.5 Å². The van der Waals surface area contributed by atoms with E-state index in [0.717, 1.165) is 43.1 Å². The molecule has 212 valence electrons. The first-order chi connectivity index (χ1) is 19.2. The molecule has 1 saturated heterocycles. The average Bonchev–Trinajstić information content (AvgIpc) is 3.55. The van der Waals surface area contributed by atoms with Crippen LogP contribution < -0.4 is 4.90 Å². The van der Waals surface area contributed by atoms with Crippen molar-refractivity contribution in [3.8, 4) is 0 Å². The van der Waals surface area contributed by atoms with E-state index in [4.69, 9.17) is 0 Å². The number of para-hydroxylation sites is 1. The number of amides is 2. The fourth-order valence-electron chi connectivity index (χ4n) is 5.93. The van der Waals surface area contributed by atoms with Gasteiger partial charge in [-0.15, -0.1) is 0 Å². The molecule has 5 rings (SSSR count). The molecule has 2 atom stereocenters. The maximum atomic E-state index is 13.7. The van der Waals surface area contributed by atoms with Gasteiger partial charge in [0.25, 0.3) is 0 Å². The van der Waals surface area contributed by atoms with E-state index < -0.39 is 11.9 Å². The molecule has 0 saturated carbocycles. The molecule has 0 aliphatic carbocycles. The Hall–Kier alpha value is -3.66. The van der Waals surface area contributed by atoms with Crippen molar-refractivity contribution >= 4 is 17.5 Å². The Balaban J connectivity index is 1.42. The molecule has 0 radical (unpaired) electrons. The second-order valence-corrected chi connectivity index (χ2v) is 10.6. The molecule has 2 aliphatic heterocycles. The van der Waals surface area contributed by atoms with Gasteiger partial charge in [0.15, 0.2) is 5.69 Å². The number of fused-ring (bicyclic) bond motifs is 3. The van der Waals surface area contributed by atoms with Crippen molar-refractivity contribution in [1.82, 2.24) is 19.6 Å². The van der Waals surface area contributed by atoms with Gasteiger partial charge in [0.1, 0.15) is 0 Å². The normalized spacial score (nSPS) is 20.2. The Morgan fingerprint density at radius 2 is 1.68 bits per heavy atom. The molecule has 10 heteroatoms. The monoisotopic (exact) mass is 553 g/mol. The molecule has 0 unspecified atom stereocenters. The summed E-state index contributed by atoms with van der Waals surface area (Å²) < 4.78 is 40.2. The Morgan fingerprint density at radius 3 is 2.40 bits per heavy atom. The molecular weight excluding hydrogens is 519 g/mol. The number of aromatic nitrogens is 2. The van der Waals surface area contributed by atoms with E-state index >= 15 is 0 Å². The third kappa shape index (κ3) is 6.38. The van der Waals surface area contributed by atoms with Crippen molar-refractivity contribution in [3.05, 3.63) is 83.7 Å². The van der Waals surface area contributed by atoms with Gasteiger partial charge < -0.3 is 9.80 Å². The largest absolute Gasteiger partial charge is 0.435 e. The van der Waals surface area contributed by atoms with Crippen molar-refractivity contribution in [3.63, 3.8) is 0 Å². The van der Waals surface area contributed by atoms with E-state index in [1.165, 1.54) is 16.4 Å². The van der Waals surface area contributed by atoms with Crippen LogP contribution in [0.2, 0.25) is 0 Å². The second-order valence-electron chi connectivity index (χ2n) is 10.6. The van der Waals surface area contributed by atoms with Crippen LogP contribution in [0.4, 0.5) is 18.9 Å². The Labute approximate surface area is 232 Å². The first-order valence-corrected chi connectivity index (χ1v) is 13.7. The number of rotatable bonds is 5. The minimum absolute atomic E-state index is 0.0202. The number of anilines is 1. The van der Waals surface area contributed by atoms with Crippen LogP contribution in [0.15, 0.2) is 66.9 Å². The Kier molecular flexibility index (Phi) is 8.25. The van der Waals surface area contributed by atoms with E-state index in [9.17, 15) is 22.8 Å². The average molecular weight is 554 g/mol. The number of alkyl halides is 3. The summed E-state index contributed by atoms with van der Waals surface area (Å²) in [6.45, 7) is 3.77. The molecule has 0 spiro atoms. The second kappa shape index (κ2) is 11.8. The molecule has 1 fully saturated rings. The molecule has 1 aromatic heterocycles. The minimum atomic E-state index is -4.53. The zero-order valence-corrected chi connectivity index (χ0v) is 22.6. The van der Waals surface area contributed by atoms with Gasteiger partial charge in [-0.25, -0.2) is 0 Å². The quantitative estimate of drug-likeness (QED) is 0.441. The number of benzene rings is 2. The van der Waals surface area contributed by atoms with Crippen LogP contribution in [0.25, 0.3) is 0 Å². The summed E-state index contributed by atoms with van der Waals surface area (Å²) in [5, 5.41) is 3.60. The molecule has 0 N–H and O–H groups in total. The lowest BCUT2D eigenvalue weighted by Crippen LogP contribution is -2.45. The van der Waals surface area contributed by atoms with Gasteiger partial charge in [-0.1, -0.05) is 48.5 Å². The summed E-state index contributed by atoms with van der Waals surface area (Å²) in [5.41, 5.74) is 1.89. The fraction of sp³-hybridized carbons (Fsp3) is 0.433. The lowest BCUT2D eigenvalue weighted by molar-refractivity contribution is -0.141. The first kappa shape index (κ1) is 27.9. The van der Waals surface area contributed by atoms with Crippen LogP contribution in [-0.2, 0) is 35.4 Å². The number of hydrogen-bond acceptors (Lipinski definition) is 4. The lowest BCUT2D eigenvalue weighted by Gasteiger charge is -2.34. The first-order valence-electron chi connectivity index (χ1n) is 13.7. The van der Waals surface area contributed by atoms with Crippen molar-refractivity contribution < 1.29 is 22.8 Å². The summed E-state index contributed by atoms with van der Waals surface area (Å²) >= 11 is 0. The van der Waals surface area contributed by atoms with Gasteiger partial charge in [-0.2, -0.15) is 18.3 Å². The molecule has 2 aromatic carbocycles. The molecule has 40 heavy (non-hydrogen) atoms. The maximum Gasteiger partial charge on any atom is 0.435 e. The van der Waals surface area contributed by atoms with Gasteiger partial charge in [0.05, 0.1) is 0 Å². The van der Waals surface area contributed by atoms with E-state index in [1.807, 2.05) is 47.4 Å². The van der Waals surface area contributed by atoms with Crippen LogP contribution in [0.5, 0.6) is 0 Å². The molecule has 2 amide bonds. The van der Waals surface area contributed by atoms with Crippen LogP contribution in [0, 0.1) is 0 Å². The van der Waals surface area contributed by atoms with Crippen LogP contribution in [0.1, 0.15) is 49.4 Å². The van der Waals surface area contributed by atoms with E-state index in [2.05, 4.69) is 22.1 Å². The van der Waals surface area contributed by atoms with E-state index in [0.29, 0.717) is 19.6 Å². The standard InChI is InChI=1S/C30H34F3N5O2/c1-22(39)37-18-13-25-11-12-26(38(25)19-23-7-3-2-4-8-23)21-35(20-24-9-5-6-10-27(24)37)29(40)15-17-36-16-14-28(34-36)30(31,32)33/h2-10,14,16,25-26H,11-13,15,17-21H2,1H3/t25-,26+/m0/s1.